The van der Waals surface area contributed by atoms with Crippen molar-refractivity contribution < 1.29 is 4.39 Å². The van der Waals surface area contributed by atoms with Crippen molar-refractivity contribution in [2.75, 3.05) is 6.54 Å². The zero-order valence-corrected chi connectivity index (χ0v) is 14.0. The van der Waals surface area contributed by atoms with Crippen molar-refractivity contribution in [3.05, 3.63) is 34.1 Å². The quantitative estimate of drug-likeness (QED) is 0.747. The molecule has 0 fully saturated rings. The molecule has 0 saturated carbocycles. The molecule has 1 aromatic rings. The Hall–Kier alpha value is -0.410. The summed E-state index contributed by atoms with van der Waals surface area (Å²) in [5.41, 5.74) is 1.26. The van der Waals surface area contributed by atoms with Crippen LogP contribution < -0.4 is 5.32 Å². The highest BCUT2D eigenvalue weighted by atomic mass is 79.9. The molecule has 19 heavy (non-hydrogen) atoms. The van der Waals surface area contributed by atoms with Crippen molar-refractivity contribution in [3.8, 4) is 0 Å². The molecule has 0 heterocycles. The maximum atomic E-state index is 13.6. The summed E-state index contributed by atoms with van der Waals surface area (Å²) in [7, 11) is 0. The van der Waals surface area contributed by atoms with Crippen LogP contribution in [0, 0.1) is 11.2 Å². The summed E-state index contributed by atoms with van der Waals surface area (Å²) in [6.07, 6.45) is 3.08. The molecular weight excluding hydrogens is 305 g/mol. The first-order valence-electron chi connectivity index (χ1n) is 7.10. The summed E-state index contributed by atoms with van der Waals surface area (Å²) >= 11 is 3.38. The second kappa shape index (κ2) is 7.39. The van der Waals surface area contributed by atoms with E-state index in [2.05, 4.69) is 48.9 Å². The Morgan fingerprint density at radius 3 is 2.42 bits per heavy atom. The fourth-order valence-corrected chi connectivity index (χ4v) is 2.73. The average molecular weight is 330 g/mol. The first-order chi connectivity index (χ1) is 8.94. The van der Waals surface area contributed by atoms with Gasteiger partial charge in [0.25, 0.3) is 0 Å². The van der Waals surface area contributed by atoms with Crippen LogP contribution in [0.25, 0.3) is 0 Å². The molecule has 0 radical (unpaired) electrons. The van der Waals surface area contributed by atoms with Gasteiger partial charge in [0.1, 0.15) is 5.82 Å². The molecule has 0 aliphatic rings. The first kappa shape index (κ1) is 16.6. The molecule has 0 atom stereocenters. The van der Waals surface area contributed by atoms with Crippen molar-refractivity contribution in [1.82, 2.24) is 5.32 Å². The third-order valence-electron chi connectivity index (χ3n) is 3.98. The molecule has 0 unspecified atom stereocenters. The molecule has 0 saturated heterocycles. The van der Waals surface area contributed by atoms with Crippen molar-refractivity contribution in [1.29, 1.82) is 0 Å². The molecule has 3 heteroatoms. The zero-order chi connectivity index (χ0) is 14.5. The molecule has 1 rings (SSSR count). The molecule has 1 N–H and O–H groups in total. The van der Waals surface area contributed by atoms with Gasteiger partial charge in [-0.05, 0) is 52.2 Å². The molecule has 0 aliphatic carbocycles. The lowest BCUT2D eigenvalue weighted by molar-refractivity contribution is 0.239. The van der Waals surface area contributed by atoms with Gasteiger partial charge in [0, 0.05) is 12.6 Å². The van der Waals surface area contributed by atoms with E-state index in [1.807, 2.05) is 6.07 Å². The van der Waals surface area contributed by atoms with Crippen molar-refractivity contribution in [2.45, 2.75) is 53.0 Å². The molecular formula is C16H25BrFN. The lowest BCUT2D eigenvalue weighted by Gasteiger charge is -2.33. The van der Waals surface area contributed by atoms with Gasteiger partial charge in [-0.2, -0.15) is 0 Å². The summed E-state index contributed by atoms with van der Waals surface area (Å²) < 4.78 is 14.2. The molecule has 0 amide bonds. The largest absolute Gasteiger partial charge is 0.314 e. The highest BCUT2D eigenvalue weighted by Gasteiger charge is 2.27. The second-order valence-electron chi connectivity index (χ2n) is 5.63. The first-order valence-corrected chi connectivity index (χ1v) is 7.89. The average Bonchev–Trinajstić information content (AvgIpc) is 2.39. The predicted octanol–water partition coefficient (Wildman–Crippen LogP) is 4.94. The number of rotatable bonds is 7. The lowest BCUT2D eigenvalue weighted by atomic mass is 9.76. The van der Waals surface area contributed by atoms with Crippen LogP contribution in [0.2, 0.25) is 0 Å². The van der Waals surface area contributed by atoms with E-state index < -0.39 is 0 Å². The van der Waals surface area contributed by atoms with Crippen LogP contribution in [0.15, 0.2) is 22.7 Å². The highest BCUT2D eigenvalue weighted by molar-refractivity contribution is 9.10. The van der Waals surface area contributed by atoms with E-state index in [0.29, 0.717) is 10.5 Å². The topological polar surface area (TPSA) is 12.0 Å². The Labute approximate surface area is 125 Å². The molecule has 108 valence electrons. The molecule has 1 nitrogen and oxygen atoms in total. The Morgan fingerprint density at radius 2 is 1.89 bits per heavy atom. The van der Waals surface area contributed by atoms with E-state index in [4.69, 9.17) is 0 Å². The fourth-order valence-electron chi connectivity index (χ4n) is 2.32. The monoisotopic (exact) mass is 329 g/mol. The Morgan fingerprint density at radius 1 is 1.26 bits per heavy atom. The van der Waals surface area contributed by atoms with Crippen LogP contribution >= 0.6 is 15.9 Å². The van der Waals surface area contributed by atoms with Gasteiger partial charge in [-0.1, -0.05) is 39.8 Å². The van der Waals surface area contributed by atoms with Crippen LogP contribution in [0.5, 0.6) is 0 Å². The summed E-state index contributed by atoms with van der Waals surface area (Å²) in [4.78, 5) is 0. The van der Waals surface area contributed by atoms with Gasteiger partial charge in [-0.3, -0.25) is 0 Å². The Kier molecular flexibility index (Phi) is 6.48. The minimum absolute atomic E-state index is 0.171. The number of benzene rings is 1. The summed E-state index contributed by atoms with van der Waals surface area (Å²) in [5, 5.41) is 3.53. The molecule has 1 aromatic carbocycles. The Balaban J connectivity index is 2.91. The van der Waals surface area contributed by atoms with Crippen LogP contribution in [0.3, 0.4) is 0 Å². The number of hydrogen-bond donors (Lipinski definition) is 1. The van der Waals surface area contributed by atoms with Gasteiger partial charge in [0.05, 0.1) is 4.47 Å². The van der Waals surface area contributed by atoms with Gasteiger partial charge in [0.2, 0.25) is 0 Å². The molecule has 0 aromatic heterocycles. The number of hydrogen-bond acceptors (Lipinski definition) is 1. The highest BCUT2D eigenvalue weighted by Crippen LogP contribution is 2.33. The van der Waals surface area contributed by atoms with Crippen molar-refractivity contribution in [3.63, 3.8) is 0 Å². The van der Waals surface area contributed by atoms with Crippen LogP contribution in [-0.2, 0) is 6.42 Å². The van der Waals surface area contributed by atoms with E-state index in [9.17, 15) is 4.39 Å². The molecule has 0 aliphatic heterocycles. The number of halogens is 2. The van der Waals surface area contributed by atoms with E-state index in [1.54, 1.807) is 6.07 Å². The third-order valence-corrected chi connectivity index (χ3v) is 4.87. The standard InChI is InChI=1S/C16H25BrFN/c1-5-16(6-2,11-19-12(3)4)10-13-8-7-9-14(18)15(13)17/h7-9,12,19H,5-6,10-11H2,1-4H3. The van der Waals surface area contributed by atoms with Gasteiger partial charge >= 0.3 is 0 Å². The second-order valence-corrected chi connectivity index (χ2v) is 6.43. The lowest BCUT2D eigenvalue weighted by Crippen LogP contribution is -2.38. The zero-order valence-electron chi connectivity index (χ0n) is 12.4. The SMILES string of the molecule is CCC(CC)(CNC(C)C)Cc1cccc(F)c1Br. The van der Waals surface area contributed by atoms with E-state index in [0.717, 1.165) is 31.4 Å². The van der Waals surface area contributed by atoms with E-state index in [1.165, 1.54) is 6.07 Å². The maximum Gasteiger partial charge on any atom is 0.137 e. The van der Waals surface area contributed by atoms with E-state index in [-0.39, 0.29) is 11.2 Å². The summed E-state index contributed by atoms with van der Waals surface area (Å²) in [6.45, 7) is 9.74. The summed E-state index contributed by atoms with van der Waals surface area (Å²) in [5.74, 6) is -0.171. The van der Waals surface area contributed by atoms with Crippen LogP contribution in [-0.4, -0.2) is 12.6 Å². The maximum absolute atomic E-state index is 13.6. The minimum atomic E-state index is -0.171. The Bertz CT molecular complexity index is 400. The fraction of sp³-hybridized carbons (Fsp3) is 0.625. The third kappa shape index (κ3) is 4.57. The van der Waals surface area contributed by atoms with Crippen molar-refractivity contribution >= 4 is 15.9 Å². The van der Waals surface area contributed by atoms with Crippen LogP contribution in [0.4, 0.5) is 4.39 Å². The summed E-state index contributed by atoms with van der Waals surface area (Å²) in [6, 6.07) is 5.79. The molecule has 0 bridgehead atoms. The predicted molar refractivity (Wildman–Crippen MR) is 84.0 cm³/mol. The van der Waals surface area contributed by atoms with Crippen LogP contribution in [0.1, 0.15) is 46.1 Å². The molecule has 0 spiro atoms. The smallest absolute Gasteiger partial charge is 0.137 e. The van der Waals surface area contributed by atoms with Gasteiger partial charge in [-0.15, -0.1) is 0 Å². The van der Waals surface area contributed by atoms with Gasteiger partial charge in [-0.25, -0.2) is 4.39 Å². The number of nitrogens with one attached hydrogen (secondary N) is 1. The van der Waals surface area contributed by atoms with Gasteiger partial charge < -0.3 is 5.32 Å². The normalized spacial score (nSPS) is 12.2. The van der Waals surface area contributed by atoms with Crippen molar-refractivity contribution in [2.24, 2.45) is 5.41 Å². The van der Waals surface area contributed by atoms with Gasteiger partial charge in [0.15, 0.2) is 0 Å². The van der Waals surface area contributed by atoms with E-state index >= 15 is 0 Å². The minimum Gasteiger partial charge on any atom is -0.314 e.